The van der Waals surface area contributed by atoms with E-state index in [-0.39, 0.29) is 34.8 Å². The molecule has 8 heteroatoms. The maximum atomic E-state index is 12.3. The minimum absolute atomic E-state index is 0.0308. The summed E-state index contributed by atoms with van der Waals surface area (Å²) in [5, 5.41) is 11.2. The molecule has 0 aliphatic heterocycles. The van der Waals surface area contributed by atoms with E-state index in [1.165, 1.54) is 19.2 Å². The Bertz CT molecular complexity index is 894. The summed E-state index contributed by atoms with van der Waals surface area (Å²) < 4.78 is 2.70. The maximum absolute atomic E-state index is 12.3. The number of aromatic nitrogens is 4. The number of amides is 1. The van der Waals surface area contributed by atoms with Gasteiger partial charge in [-0.3, -0.25) is 14.4 Å². The molecule has 0 bridgehead atoms. The topological polar surface area (TPSA) is 98.9 Å². The smallest absolute Gasteiger partial charge is 0.271 e. The van der Waals surface area contributed by atoms with E-state index in [1.807, 2.05) is 6.92 Å². The SMILES string of the molecule is Cc1ccc(=O)n(C2CCC(NC(=O)c3ccc(=O)n(C)n3)CC2)n1. The zero-order valence-corrected chi connectivity index (χ0v) is 14.3. The summed E-state index contributed by atoms with van der Waals surface area (Å²) >= 11 is 0. The highest BCUT2D eigenvalue weighted by atomic mass is 16.2. The van der Waals surface area contributed by atoms with E-state index >= 15 is 0 Å². The predicted molar refractivity (Wildman–Crippen MR) is 91.5 cm³/mol. The second-order valence-electron chi connectivity index (χ2n) is 6.42. The third-order valence-corrected chi connectivity index (χ3v) is 4.53. The van der Waals surface area contributed by atoms with Gasteiger partial charge in [-0.2, -0.15) is 10.2 Å². The van der Waals surface area contributed by atoms with Gasteiger partial charge in [0.25, 0.3) is 17.0 Å². The van der Waals surface area contributed by atoms with Crippen LogP contribution in [0.4, 0.5) is 0 Å². The first-order valence-corrected chi connectivity index (χ1v) is 8.36. The lowest BCUT2D eigenvalue weighted by atomic mass is 9.91. The van der Waals surface area contributed by atoms with Gasteiger partial charge in [0, 0.05) is 25.2 Å². The van der Waals surface area contributed by atoms with Gasteiger partial charge in [0.05, 0.1) is 11.7 Å². The number of nitrogens with one attached hydrogen (secondary N) is 1. The van der Waals surface area contributed by atoms with Crippen molar-refractivity contribution in [1.82, 2.24) is 24.9 Å². The Morgan fingerprint density at radius 3 is 2.40 bits per heavy atom. The van der Waals surface area contributed by atoms with Gasteiger partial charge in [-0.1, -0.05) is 0 Å². The van der Waals surface area contributed by atoms with Gasteiger partial charge in [0.2, 0.25) is 0 Å². The van der Waals surface area contributed by atoms with Crippen LogP contribution in [-0.2, 0) is 7.05 Å². The second-order valence-corrected chi connectivity index (χ2v) is 6.42. The molecule has 1 aliphatic rings. The Morgan fingerprint density at radius 1 is 1.04 bits per heavy atom. The fourth-order valence-corrected chi connectivity index (χ4v) is 3.13. The fraction of sp³-hybridized carbons (Fsp3) is 0.471. The second kappa shape index (κ2) is 7.00. The standard InChI is InChI=1S/C17H21N5O3/c1-11-3-9-16(24)22(19-11)13-6-4-12(5-7-13)18-17(25)14-8-10-15(23)21(2)20-14/h3,8-10,12-13H,4-7H2,1-2H3,(H,18,25). The number of rotatable bonds is 3. The Labute approximate surface area is 144 Å². The van der Waals surface area contributed by atoms with E-state index in [0.717, 1.165) is 36.1 Å². The van der Waals surface area contributed by atoms with Crippen molar-refractivity contribution in [3.8, 4) is 0 Å². The van der Waals surface area contributed by atoms with Crippen LogP contribution < -0.4 is 16.4 Å². The lowest BCUT2D eigenvalue weighted by molar-refractivity contribution is 0.0914. The van der Waals surface area contributed by atoms with Gasteiger partial charge in [-0.15, -0.1) is 0 Å². The minimum Gasteiger partial charge on any atom is -0.348 e. The quantitative estimate of drug-likeness (QED) is 0.878. The summed E-state index contributed by atoms with van der Waals surface area (Å²) in [6.45, 7) is 1.86. The monoisotopic (exact) mass is 343 g/mol. The molecular weight excluding hydrogens is 322 g/mol. The number of hydrogen-bond acceptors (Lipinski definition) is 5. The van der Waals surface area contributed by atoms with Crippen LogP contribution >= 0.6 is 0 Å². The number of carbonyl (C=O) groups is 1. The van der Waals surface area contributed by atoms with Crippen LogP contribution in [0.5, 0.6) is 0 Å². The zero-order valence-electron chi connectivity index (χ0n) is 14.3. The van der Waals surface area contributed by atoms with Crippen molar-refractivity contribution in [1.29, 1.82) is 0 Å². The molecule has 1 amide bonds. The first kappa shape index (κ1) is 17.1. The van der Waals surface area contributed by atoms with E-state index in [4.69, 9.17) is 0 Å². The summed E-state index contributed by atoms with van der Waals surface area (Å²) in [6, 6.07) is 6.11. The van der Waals surface area contributed by atoms with Crippen LogP contribution in [0.1, 0.15) is 47.9 Å². The van der Waals surface area contributed by atoms with Crippen molar-refractivity contribution in [3.05, 3.63) is 56.4 Å². The lowest BCUT2D eigenvalue weighted by Gasteiger charge is -2.29. The zero-order chi connectivity index (χ0) is 18.0. The van der Waals surface area contributed by atoms with Crippen molar-refractivity contribution in [2.75, 3.05) is 0 Å². The molecule has 0 radical (unpaired) electrons. The predicted octanol–water partition coefficient (Wildman–Crippen LogP) is 0.559. The molecule has 2 aromatic heterocycles. The molecule has 0 aromatic carbocycles. The molecule has 1 aliphatic carbocycles. The van der Waals surface area contributed by atoms with Crippen LogP contribution in [0.3, 0.4) is 0 Å². The van der Waals surface area contributed by atoms with Crippen LogP contribution in [0, 0.1) is 6.92 Å². The molecule has 0 spiro atoms. The van der Waals surface area contributed by atoms with Gasteiger partial charge in [0.1, 0.15) is 5.69 Å². The number of nitrogens with zero attached hydrogens (tertiary/aromatic N) is 4. The van der Waals surface area contributed by atoms with Crippen LogP contribution in [0.25, 0.3) is 0 Å². The Hall–Kier alpha value is -2.77. The van der Waals surface area contributed by atoms with Crippen molar-refractivity contribution in [2.45, 2.75) is 44.7 Å². The molecule has 0 atom stereocenters. The van der Waals surface area contributed by atoms with Gasteiger partial charge < -0.3 is 5.32 Å². The van der Waals surface area contributed by atoms with E-state index in [9.17, 15) is 14.4 Å². The van der Waals surface area contributed by atoms with Gasteiger partial charge in [-0.25, -0.2) is 9.36 Å². The highest BCUT2D eigenvalue weighted by Crippen LogP contribution is 2.27. The highest BCUT2D eigenvalue weighted by molar-refractivity contribution is 5.92. The summed E-state index contributed by atoms with van der Waals surface area (Å²) in [7, 11) is 1.51. The largest absolute Gasteiger partial charge is 0.348 e. The van der Waals surface area contributed by atoms with E-state index in [2.05, 4.69) is 15.5 Å². The molecule has 0 saturated heterocycles. The molecular formula is C17H21N5O3. The minimum atomic E-state index is -0.287. The van der Waals surface area contributed by atoms with Crippen LogP contribution in [0.15, 0.2) is 33.9 Å². The number of carbonyl (C=O) groups excluding carboxylic acids is 1. The third kappa shape index (κ3) is 3.84. The van der Waals surface area contributed by atoms with Crippen molar-refractivity contribution in [2.24, 2.45) is 7.05 Å². The Kier molecular flexibility index (Phi) is 4.78. The number of aryl methyl sites for hydroxylation is 2. The number of hydrogen-bond donors (Lipinski definition) is 1. The fourth-order valence-electron chi connectivity index (χ4n) is 3.13. The van der Waals surface area contributed by atoms with Gasteiger partial charge >= 0.3 is 0 Å². The summed E-state index contributed by atoms with van der Waals surface area (Å²) in [5.41, 5.74) is 0.692. The first-order valence-electron chi connectivity index (χ1n) is 8.36. The van der Waals surface area contributed by atoms with E-state index < -0.39 is 0 Å². The first-order chi connectivity index (χ1) is 11.9. The molecule has 0 unspecified atom stereocenters. The van der Waals surface area contributed by atoms with Crippen molar-refractivity contribution in [3.63, 3.8) is 0 Å². The average molecular weight is 343 g/mol. The normalized spacial score (nSPS) is 20.2. The molecule has 2 heterocycles. The van der Waals surface area contributed by atoms with E-state index in [0.29, 0.717) is 0 Å². The molecule has 132 valence electrons. The van der Waals surface area contributed by atoms with Gasteiger partial charge in [-0.05, 0) is 44.7 Å². The molecule has 1 N–H and O–H groups in total. The van der Waals surface area contributed by atoms with Gasteiger partial charge in [0.15, 0.2) is 0 Å². The summed E-state index contributed by atoms with van der Waals surface area (Å²) in [5.74, 6) is -0.287. The van der Waals surface area contributed by atoms with E-state index in [1.54, 1.807) is 16.8 Å². The van der Waals surface area contributed by atoms with Crippen LogP contribution in [0.2, 0.25) is 0 Å². The molecule has 1 fully saturated rings. The average Bonchev–Trinajstić information content (AvgIpc) is 2.60. The molecule has 3 rings (SSSR count). The maximum Gasteiger partial charge on any atom is 0.271 e. The molecule has 1 saturated carbocycles. The molecule has 8 nitrogen and oxygen atoms in total. The Morgan fingerprint density at radius 2 is 1.72 bits per heavy atom. The Balaban J connectivity index is 1.61. The van der Waals surface area contributed by atoms with Crippen LogP contribution in [-0.4, -0.2) is 31.5 Å². The summed E-state index contributed by atoms with van der Waals surface area (Å²) in [6.07, 6.45) is 3.10. The molecule has 2 aromatic rings. The molecule has 25 heavy (non-hydrogen) atoms. The third-order valence-electron chi connectivity index (χ3n) is 4.53. The highest BCUT2D eigenvalue weighted by Gasteiger charge is 2.25. The van der Waals surface area contributed by atoms with Crippen molar-refractivity contribution < 1.29 is 4.79 Å². The summed E-state index contributed by atoms with van der Waals surface area (Å²) in [4.78, 5) is 35.6. The van der Waals surface area contributed by atoms with Crippen molar-refractivity contribution >= 4 is 5.91 Å². The lowest BCUT2D eigenvalue weighted by Crippen LogP contribution is -2.40.